The fourth-order valence-electron chi connectivity index (χ4n) is 1.96. The van der Waals surface area contributed by atoms with E-state index in [1.807, 2.05) is 6.92 Å². The molecular weight excluding hydrogens is 292 g/mol. The van der Waals surface area contributed by atoms with Gasteiger partial charge in [0.2, 0.25) is 0 Å². The summed E-state index contributed by atoms with van der Waals surface area (Å²) in [5.74, 6) is -1.27. The van der Waals surface area contributed by atoms with E-state index in [1.54, 1.807) is 27.0 Å². The van der Waals surface area contributed by atoms with Crippen LogP contribution in [0, 0.1) is 13.8 Å². The smallest absolute Gasteiger partial charge is 0.347 e. The fraction of sp³-hybridized carbons (Fsp3) is 0.385. The second kappa shape index (κ2) is 5.65. The predicted octanol–water partition coefficient (Wildman–Crippen LogP) is 1.68. The summed E-state index contributed by atoms with van der Waals surface area (Å²) in [6.07, 6.45) is 0. The molecule has 7 nitrogen and oxygen atoms in total. The van der Waals surface area contributed by atoms with E-state index in [9.17, 15) is 9.59 Å². The first-order chi connectivity index (χ1) is 9.79. The number of rotatable bonds is 4. The lowest BCUT2D eigenvalue weighted by atomic mass is 10.3. The fourth-order valence-corrected chi connectivity index (χ4v) is 2.86. The van der Waals surface area contributed by atoms with E-state index < -0.39 is 5.97 Å². The van der Waals surface area contributed by atoms with Crippen LogP contribution in [0.3, 0.4) is 0 Å². The van der Waals surface area contributed by atoms with Crippen molar-refractivity contribution in [1.82, 2.24) is 20.1 Å². The number of carbonyl (C=O) groups is 2. The molecule has 1 unspecified atom stereocenters. The van der Waals surface area contributed by atoms with Crippen LogP contribution >= 0.6 is 11.3 Å². The number of carboxylic acid groups (broad SMARTS) is 1. The van der Waals surface area contributed by atoms with Gasteiger partial charge >= 0.3 is 5.97 Å². The van der Waals surface area contributed by atoms with Gasteiger partial charge in [-0.3, -0.25) is 9.48 Å². The number of thiazole rings is 1. The van der Waals surface area contributed by atoms with Gasteiger partial charge in [0.05, 0.1) is 17.4 Å². The number of hydrogen-bond donors (Lipinski definition) is 2. The van der Waals surface area contributed by atoms with Crippen molar-refractivity contribution in [3.05, 3.63) is 33.0 Å². The molecule has 2 rings (SSSR count). The average molecular weight is 308 g/mol. The van der Waals surface area contributed by atoms with Crippen LogP contribution in [0.1, 0.15) is 49.5 Å². The predicted molar refractivity (Wildman–Crippen MR) is 77.6 cm³/mol. The van der Waals surface area contributed by atoms with Crippen LogP contribution in [0.2, 0.25) is 0 Å². The van der Waals surface area contributed by atoms with Gasteiger partial charge in [-0.15, -0.1) is 11.3 Å². The molecule has 112 valence electrons. The standard InChI is InChI=1S/C13H16N4O3S/c1-6-5-9(17(4)16-6)11(18)14-8(3)12-15-7(2)10(21-12)13(19)20/h5,8H,1-4H3,(H,14,18)(H,19,20). The summed E-state index contributed by atoms with van der Waals surface area (Å²) >= 11 is 1.07. The van der Waals surface area contributed by atoms with E-state index in [4.69, 9.17) is 5.11 Å². The maximum absolute atomic E-state index is 12.2. The van der Waals surface area contributed by atoms with Gasteiger partial charge in [-0.1, -0.05) is 0 Å². The van der Waals surface area contributed by atoms with Crippen molar-refractivity contribution >= 4 is 23.2 Å². The minimum atomic E-state index is -1.00. The maximum Gasteiger partial charge on any atom is 0.347 e. The highest BCUT2D eigenvalue weighted by Gasteiger charge is 2.20. The molecule has 2 aromatic rings. The van der Waals surface area contributed by atoms with Crippen LogP contribution in [-0.4, -0.2) is 31.7 Å². The first kappa shape index (κ1) is 15.2. The molecule has 0 radical (unpaired) electrons. The summed E-state index contributed by atoms with van der Waals surface area (Å²) in [5, 5.41) is 16.5. The number of amides is 1. The number of nitrogens with zero attached hydrogens (tertiary/aromatic N) is 3. The zero-order valence-electron chi connectivity index (χ0n) is 12.2. The van der Waals surface area contributed by atoms with E-state index in [1.165, 1.54) is 4.68 Å². The molecule has 2 heterocycles. The third-order valence-electron chi connectivity index (χ3n) is 2.96. The number of carbonyl (C=O) groups excluding carboxylic acids is 1. The molecule has 0 aliphatic carbocycles. The Labute approximate surface area is 125 Å². The molecular formula is C13H16N4O3S. The van der Waals surface area contributed by atoms with E-state index in [0.717, 1.165) is 17.0 Å². The second-order valence-electron chi connectivity index (χ2n) is 4.76. The van der Waals surface area contributed by atoms with Gasteiger partial charge in [0.1, 0.15) is 15.6 Å². The van der Waals surface area contributed by atoms with Crippen LogP contribution in [-0.2, 0) is 7.05 Å². The van der Waals surface area contributed by atoms with Crippen LogP contribution in [0.15, 0.2) is 6.07 Å². The number of carboxylic acids is 1. The lowest BCUT2D eigenvalue weighted by Gasteiger charge is -2.11. The zero-order chi connectivity index (χ0) is 15.7. The molecule has 0 fully saturated rings. The Morgan fingerprint density at radius 2 is 2.10 bits per heavy atom. The molecule has 0 saturated carbocycles. The Kier molecular flexibility index (Phi) is 4.08. The molecule has 0 saturated heterocycles. The normalized spacial score (nSPS) is 12.2. The molecule has 2 aromatic heterocycles. The molecule has 21 heavy (non-hydrogen) atoms. The highest BCUT2D eigenvalue weighted by molar-refractivity contribution is 7.13. The highest BCUT2D eigenvalue weighted by atomic mass is 32.1. The molecule has 1 amide bonds. The molecule has 0 aromatic carbocycles. The molecule has 2 N–H and O–H groups in total. The summed E-state index contributed by atoms with van der Waals surface area (Å²) in [7, 11) is 1.70. The topological polar surface area (TPSA) is 97.1 Å². The van der Waals surface area contributed by atoms with Crippen molar-refractivity contribution in [3.63, 3.8) is 0 Å². The average Bonchev–Trinajstić information content (AvgIpc) is 2.92. The summed E-state index contributed by atoms with van der Waals surface area (Å²) < 4.78 is 1.51. The first-order valence-corrected chi connectivity index (χ1v) is 7.13. The van der Waals surface area contributed by atoms with Gasteiger partial charge in [0.15, 0.2) is 0 Å². The third kappa shape index (κ3) is 3.10. The third-order valence-corrected chi connectivity index (χ3v) is 4.29. The van der Waals surface area contributed by atoms with Gasteiger partial charge in [-0.05, 0) is 26.8 Å². The summed E-state index contributed by atoms with van der Waals surface area (Å²) in [6, 6.07) is 1.32. The Hall–Kier alpha value is -2.22. The van der Waals surface area contributed by atoms with Crippen molar-refractivity contribution in [2.45, 2.75) is 26.8 Å². The van der Waals surface area contributed by atoms with Crippen LogP contribution in [0.5, 0.6) is 0 Å². The largest absolute Gasteiger partial charge is 0.477 e. The van der Waals surface area contributed by atoms with Gasteiger partial charge in [-0.25, -0.2) is 9.78 Å². The minimum absolute atomic E-state index is 0.197. The maximum atomic E-state index is 12.2. The zero-order valence-corrected chi connectivity index (χ0v) is 13.0. The van der Waals surface area contributed by atoms with Crippen LogP contribution < -0.4 is 5.32 Å². The number of aryl methyl sites for hydroxylation is 3. The van der Waals surface area contributed by atoms with Crippen LogP contribution in [0.25, 0.3) is 0 Å². The molecule has 0 aliphatic rings. The highest BCUT2D eigenvalue weighted by Crippen LogP contribution is 2.23. The van der Waals surface area contributed by atoms with Crippen molar-refractivity contribution in [2.24, 2.45) is 7.05 Å². The summed E-state index contributed by atoms with van der Waals surface area (Å²) in [4.78, 5) is 27.6. The lowest BCUT2D eigenvalue weighted by Crippen LogP contribution is -2.28. The van der Waals surface area contributed by atoms with Gasteiger partial charge in [0.25, 0.3) is 5.91 Å². The van der Waals surface area contributed by atoms with Gasteiger partial charge in [0, 0.05) is 7.05 Å². The summed E-state index contributed by atoms with van der Waals surface area (Å²) in [6.45, 7) is 5.22. The van der Waals surface area contributed by atoms with Gasteiger partial charge < -0.3 is 10.4 Å². The van der Waals surface area contributed by atoms with Gasteiger partial charge in [-0.2, -0.15) is 5.10 Å². The molecule has 0 bridgehead atoms. The Bertz CT molecular complexity index is 704. The molecule has 0 spiro atoms. The van der Waals surface area contributed by atoms with E-state index in [2.05, 4.69) is 15.4 Å². The van der Waals surface area contributed by atoms with Crippen molar-refractivity contribution < 1.29 is 14.7 Å². The number of nitrogens with one attached hydrogen (secondary N) is 1. The van der Waals surface area contributed by atoms with Crippen LogP contribution in [0.4, 0.5) is 0 Å². The minimum Gasteiger partial charge on any atom is -0.477 e. The first-order valence-electron chi connectivity index (χ1n) is 6.31. The number of hydrogen-bond acceptors (Lipinski definition) is 5. The Morgan fingerprint density at radius 3 is 2.57 bits per heavy atom. The lowest BCUT2D eigenvalue weighted by molar-refractivity contribution is 0.0701. The Balaban J connectivity index is 2.16. The second-order valence-corrected chi connectivity index (χ2v) is 5.79. The van der Waals surface area contributed by atoms with Crippen molar-refractivity contribution in [3.8, 4) is 0 Å². The SMILES string of the molecule is Cc1cc(C(=O)NC(C)c2nc(C)c(C(=O)O)s2)n(C)n1. The van der Waals surface area contributed by atoms with Crippen molar-refractivity contribution in [2.75, 3.05) is 0 Å². The van der Waals surface area contributed by atoms with E-state index >= 15 is 0 Å². The van der Waals surface area contributed by atoms with E-state index in [-0.39, 0.29) is 16.8 Å². The van der Waals surface area contributed by atoms with Crippen molar-refractivity contribution in [1.29, 1.82) is 0 Å². The summed E-state index contributed by atoms with van der Waals surface area (Å²) in [5.41, 5.74) is 1.67. The molecule has 0 aliphatic heterocycles. The molecule has 8 heteroatoms. The monoisotopic (exact) mass is 308 g/mol. The quantitative estimate of drug-likeness (QED) is 0.895. The number of aromatic carboxylic acids is 1. The number of aromatic nitrogens is 3. The van der Waals surface area contributed by atoms with E-state index in [0.29, 0.717) is 16.4 Å². The Morgan fingerprint density at radius 1 is 1.43 bits per heavy atom. The molecule has 1 atom stereocenters.